The van der Waals surface area contributed by atoms with Crippen molar-refractivity contribution in [2.45, 2.75) is 26.3 Å². The molecule has 0 bridgehead atoms. The van der Waals surface area contributed by atoms with Gasteiger partial charge in [-0.25, -0.2) is 8.78 Å². The number of alkyl halides is 2. The van der Waals surface area contributed by atoms with E-state index in [1.807, 2.05) is 0 Å². The topological polar surface area (TPSA) is 108 Å². The van der Waals surface area contributed by atoms with Crippen molar-refractivity contribution >= 4 is 29.1 Å². The fourth-order valence-electron chi connectivity index (χ4n) is 2.21. The van der Waals surface area contributed by atoms with Gasteiger partial charge >= 0.3 is 0 Å². The lowest BCUT2D eigenvalue weighted by Crippen LogP contribution is -2.27. The first-order chi connectivity index (χ1) is 11.1. The van der Waals surface area contributed by atoms with Crippen LogP contribution in [0.4, 0.5) is 14.5 Å². The molecule has 2 rings (SSSR count). The molecule has 0 saturated heterocycles. The lowest BCUT2D eigenvalue weighted by Gasteiger charge is -2.14. The van der Waals surface area contributed by atoms with Gasteiger partial charge in [0.15, 0.2) is 0 Å². The maximum atomic E-state index is 12.9. The number of rotatable bonds is 5. The average Bonchev–Trinajstić information content (AvgIpc) is 3.00. The molecule has 0 aliphatic heterocycles. The molecule has 0 aromatic carbocycles. The van der Waals surface area contributed by atoms with Gasteiger partial charge in [0.25, 0.3) is 12.3 Å². The zero-order valence-corrected chi connectivity index (χ0v) is 13.8. The van der Waals surface area contributed by atoms with Crippen LogP contribution < -0.4 is 11.1 Å². The molecule has 1 atom stereocenters. The molecule has 0 saturated carbocycles. The summed E-state index contributed by atoms with van der Waals surface area (Å²) >= 11 is 5.82. The third-order valence-corrected chi connectivity index (χ3v) is 3.95. The van der Waals surface area contributed by atoms with Gasteiger partial charge in [-0.2, -0.15) is 10.2 Å². The first kappa shape index (κ1) is 17.9. The van der Waals surface area contributed by atoms with E-state index in [0.29, 0.717) is 0 Å². The number of nitrogens with zero attached hydrogens (tertiary/aromatic N) is 4. The van der Waals surface area contributed by atoms with E-state index in [0.717, 1.165) is 4.68 Å². The van der Waals surface area contributed by atoms with E-state index in [4.69, 9.17) is 17.3 Å². The van der Waals surface area contributed by atoms with Gasteiger partial charge < -0.3 is 11.1 Å². The molecular weight excluding hydrogens is 346 g/mol. The smallest absolute Gasteiger partial charge is 0.283 e. The van der Waals surface area contributed by atoms with Gasteiger partial charge in [0, 0.05) is 7.05 Å². The second-order valence-corrected chi connectivity index (χ2v) is 5.47. The van der Waals surface area contributed by atoms with Gasteiger partial charge in [0.05, 0.1) is 22.6 Å². The SMILES string of the molecule is Cc1c(Cl)c(C(F)F)nn1[C@@H](C)C(=O)Nc1cnn(C)c1C(N)=O. The number of nitrogens with two attached hydrogens (primary N) is 1. The Labute approximate surface area is 140 Å². The molecule has 2 amide bonds. The summed E-state index contributed by atoms with van der Waals surface area (Å²) in [6.45, 7) is 2.94. The molecule has 2 aromatic heterocycles. The minimum Gasteiger partial charge on any atom is -0.364 e. The Bertz CT molecular complexity index is 801. The summed E-state index contributed by atoms with van der Waals surface area (Å²) in [5.74, 6) is -1.36. The van der Waals surface area contributed by atoms with Crippen LogP contribution in [0, 0.1) is 6.92 Å². The third-order valence-electron chi connectivity index (χ3n) is 3.48. The number of carbonyl (C=O) groups is 2. The van der Waals surface area contributed by atoms with Crippen molar-refractivity contribution in [3.63, 3.8) is 0 Å². The summed E-state index contributed by atoms with van der Waals surface area (Å²) in [5, 5.41) is 9.83. The van der Waals surface area contributed by atoms with E-state index in [2.05, 4.69) is 15.5 Å². The van der Waals surface area contributed by atoms with Crippen molar-refractivity contribution in [2.75, 3.05) is 5.32 Å². The van der Waals surface area contributed by atoms with Crippen LogP contribution in [-0.4, -0.2) is 31.4 Å². The summed E-state index contributed by atoms with van der Waals surface area (Å²) in [7, 11) is 1.49. The number of hydrogen-bond acceptors (Lipinski definition) is 4. The Hall–Kier alpha value is -2.49. The Balaban J connectivity index is 2.28. The van der Waals surface area contributed by atoms with E-state index < -0.39 is 30.0 Å². The maximum absolute atomic E-state index is 12.9. The quantitative estimate of drug-likeness (QED) is 0.847. The summed E-state index contributed by atoms with van der Waals surface area (Å²) in [4.78, 5) is 23.7. The highest BCUT2D eigenvalue weighted by molar-refractivity contribution is 6.31. The third kappa shape index (κ3) is 3.09. The first-order valence-corrected chi connectivity index (χ1v) is 7.18. The molecular formula is C13H15ClF2N6O2. The number of anilines is 1. The second kappa shape index (κ2) is 6.56. The minimum atomic E-state index is -2.85. The van der Waals surface area contributed by atoms with Crippen LogP contribution in [0.15, 0.2) is 6.20 Å². The molecule has 130 valence electrons. The van der Waals surface area contributed by atoms with Crippen molar-refractivity contribution in [3.8, 4) is 0 Å². The van der Waals surface area contributed by atoms with Crippen molar-refractivity contribution in [2.24, 2.45) is 12.8 Å². The Morgan fingerprint density at radius 3 is 2.54 bits per heavy atom. The molecule has 0 radical (unpaired) electrons. The van der Waals surface area contributed by atoms with E-state index in [1.165, 1.54) is 31.8 Å². The van der Waals surface area contributed by atoms with Gasteiger partial charge in [0.2, 0.25) is 5.91 Å². The highest BCUT2D eigenvalue weighted by atomic mass is 35.5. The van der Waals surface area contributed by atoms with Crippen LogP contribution in [-0.2, 0) is 11.8 Å². The van der Waals surface area contributed by atoms with Crippen LogP contribution in [0.25, 0.3) is 0 Å². The standard InChI is InChI=1S/C13H15ClF2N6O2/c1-5-8(14)9(11(15)16)20-22(5)6(2)13(24)19-7-4-18-21(3)10(7)12(17)23/h4,6,11H,1-3H3,(H2,17,23)(H,19,24)/t6-/m0/s1. The predicted molar refractivity (Wildman–Crippen MR) is 82.0 cm³/mol. The van der Waals surface area contributed by atoms with Crippen molar-refractivity contribution in [1.29, 1.82) is 0 Å². The fourth-order valence-corrected chi connectivity index (χ4v) is 2.41. The van der Waals surface area contributed by atoms with Crippen LogP contribution in [0.5, 0.6) is 0 Å². The van der Waals surface area contributed by atoms with Gasteiger partial charge in [-0.3, -0.25) is 19.0 Å². The van der Waals surface area contributed by atoms with E-state index >= 15 is 0 Å². The molecule has 0 aliphatic rings. The van der Waals surface area contributed by atoms with Gasteiger partial charge in [-0.15, -0.1) is 0 Å². The van der Waals surface area contributed by atoms with Crippen LogP contribution in [0.3, 0.4) is 0 Å². The number of halogens is 3. The monoisotopic (exact) mass is 360 g/mol. The zero-order chi connectivity index (χ0) is 18.2. The number of primary amides is 1. The Morgan fingerprint density at radius 1 is 1.42 bits per heavy atom. The molecule has 11 heteroatoms. The Kier molecular flexibility index (Phi) is 4.88. The predicted octanol–water partition coefficient (Wildman–Crippen LogP) is 1.81. The molecule has 0 aliphatic carbocycles. The number of amides is 2. The molecule has 0 fully saturated rings. The van der Waals surface area contributed by atoms with Crippen molar-refractivity contribution < 1.29 is 18.4 Å². The van der Waals surface area contributed by atoms with E-state index in [9.17, 15) is 18.4 Å². The second-order valence-electron chi connectivity index (χ2n) is 5.09. The number of aryl methyl sites for hydroxylation is 1. The minimum absolute atomic E-state index is 0.0130. The van der Waals surface area contributed by atoms with Crippen LogP contribution in [0.2, 0.25) is 5.02 Å². The van der Waals surface area contributed by atoms with Crippen LogP contribution in [0.1, 0.15) is 41.3 Å². The molecule has 0 spiro atoms. The lowest BCUT2D eigenvalue weighted by molar-refractivity contribution is -0.119. The highest BCUT2D eigenvalue weighted by Gasteiger charge is 2.26. The number of carbonyl (C=O) groups excluding carboxylic acids is 2. The summed E-state index contributed by atoms with van der Waals surface area (Å²) in [5.41, 5.74) is 5.01. The maximum Gasteiger partial charge on any atom is 0.283 e. The normalized spacial score (nSPS) is 12.5. The van der Waals surface area contributed by atoms with Gasteiger partial charge in [-0.05, 0) is 13.8 Å². The highest BCUT2D eigenvalue weighted by Crippen LogP contribution is 2.30. The van der Waals surface area contributed by atoms with Crippen molar-refractivity contribution in [3.05, 3.63) is 28.3 Å². The van der Waals surface area contributed by atoms with Crippen LogP contribution >= 0.6 is 11.6 Å². The lowest BCUT2D eigenvalue weighted by atomic mass is 10.2. The molecule has 2 heterocycles. The summed E-state index contributed by atoms with van der Waals surface area (Å²) in [6.07, 6.45) is -1.59. The van der Waals surface area contributed by atoms with Gasteiger partial charge in [0.1, 0.15) is 17.4 Å². The molecule has 0 unspecified atom stereocenters. The average molecular weight is 361 g/mol. The number of hydrogen-bond donors (Lipinski definition) is 2. The fraction of sp³-hybridized carbons (Fsp3) is 0.385. The molecule has 2 aromatic rings. The summed E-state index contributed by atoms with van der Waals surface area (Å²) < 4.78 is 28.0. The number of nitrogens with one attached hydrogen (secondary N) is 1. The summed E-state index contributed by atoms with van der Waals surface area (Å²) in [6, 6.07) is -0.948. The van der Waals surface area contributed by atoms with E-state index in [-0.39, 0.29) is 22.1 Å². The Morgan fingerprint density at radius 2 is 2.04 bits per heavy atom. The molecule has 8 nitrogen and oxygen atoms in total. The first-order valence-electron chi connectivity index (χ1n) is 6.80. The molecule has 24 heavy (non-hydrogen) atoms. The number of aromatic nitrogens is 4. The molecule has 3 N–H and O–H groups in total. The zero-order valence-electron chi connectivity index (χ0n) is 13.0. The van der Waals surface area contributed by atoms with E-state index in [1.54, 1.807) is 0 Å². The van der Waals surface area contributed by atoms with Gasteiger partial charge in [-0.1, -0.05) is 11.6 Å². The van der Waals surface area contributed by atoms with Crippen molar-refractivity contribution in [1.82, 2.24) is 19.6 Å². The largest absolute Gasteiger partial charge is 0.364 e.